The first-order valence-corrected chi connectivity index (χ1v) is 8.58. The molecule has 3 amide bonds. The van der Waals surface area contributed by atoms with Crippen LogP contribution in [0.25, 0.3) is 0 Å². The number of hydrogen-bond donors (Lipinski definition) is 3. The summed E-state index contributed by atoms with van der Waals surface area (Å²) < 4.78 is 0. The van der Waals surface area contributed by atoms with Gasteiger partial charge in [0.2, 0.25) is 17.7 Å². The molecule has 1 saturated heterocycles. The lowest BCUT2D eigenvalue weighted by atomic mass is 9.98. The Morgan fingerprint density at radius 1 is 1.30 bits per heavy atom. The van der Waals surface area contributed by atoms with Gasteiger partial charge in [-0.15, -0.1) is 0 Å². The number of halogens is 1. The minimum absolute atomic E-state index is 0.0197. The van der Waals surface area contributed by atoms with Crippen molar-refractivity contribution < 1.29 is 14.4 Å². The summed E-state index contributed by atoms with van der Waals surface area (Å²) >= 11 is 5.86. The molecule has 0 radical (unpaired) electrons. The topological polar surface area (TPSA) is 87.3 Å². The van der Waals surface area contributed by atoms with E-state index in [0.717, 1.165) is 25.7 Å². The molecule has 128 valence electrons. The number of carbonyl (C=O) groups is 3. The third-order valence-corrected chi connectivity index (χ3v) is 4.59. The molecule has 3 N–H and O–H groups in total. The first-order chi connectivity index (χ1) is 11.0. The lowest BCUT2D eigenvalue weighted by Gasteiger charge is -2.21. The molecule has 0 saturated carbocycles. The first-order valence-electron chi connectivity index (χ1n) is 8.20. The van der Waals surface area contributed by atoms with E-state index in [9.17, 15) is 14.4 Å². The molecule has 0 bridgehead atoms. The number of carbonyl (C=O) groups excluding carboxylic acids is 3. The van der Waals surface area contributed by atoms with E-state index >= 15 is 0 Å². The summed E-state index contributed by atoms with van der Waals surface area (Å²) in [7, 11) is 0. The minimum atomic E-state index is -0.174. The van der Waals surface area contributed by atoms with Crippen molar-refractivity contribution in [2.24, 2.45) is 0 Å². The maximum absolute atomic E-state index is 12.0. The van der Waals surface area contributed by atoms with E-state index in [-0.39, 0.29) is 36.2 Å². The highest BCUT2D eigenvalue weighted by Gasteiger charge is 2.23. The molecule has 23 heavy (non-hydrogen) atoms. The molecule has 0 spiro atoms. The molecule has 1 heterocycles. The predicted molar refractivity (Wildman–Crippen MR) is 87.7 cm³/mol. The van der Waals surface area contributed by atoms with Crippen LogP contribution in [-0.4, -0.2) is 36.3 Å². The van der Waals surface area contributed by atoms with E-state index in [4.69, 9.17) is 11.6 Å². The van der Waals surface area contributed by atoms with Crippen LogP contribution in [0.3, 0.4) is 0 Å². The van der Waals surface area contributed by atoms with E-state index in [2.05, 4.69) is 16.0 Å². The molecule has 2 unspecified atom stereocenters. The van der Waals surface area contributed by atoms with E-state index in [1.807, 2.05) is 6.92 Å². The Balaban J connectivity index is 1.68. The van der Waals surface area contributed by atoms with Gasteiger partial charge in [-0.3, -0.25) is 14.4 Å². The normalized spacial score (nSPS) is 22.5. The molecule has 7 heteroatoms. The van der Waals surface area contributed by atoms with Crippen molar-refractivity contribution in [3.8, 4) is 0 Å². The maximum atomic E-state index is 12.0. The Labute approximate surface area is 141 Å². The fourth-order valence-corrected chi connectivity index (χ4v) is 3.02. The van der Waals surface area contributed by atoms with Gasteiger partial charge in [0.15, 0.2) is 0 Å². The summed E-state index contributed by atoms with van der Waals surface area (Å²) in [5.74, 6) is -0.246. The Morgan fingerprint density at radius 2 is 2.09 bits per heavy atom. The van der Waals surface area contributed by atoms with Crippen LogP contribution in [0.15, 0.2) is 10.6 Å². The fourth-order valence-electron chi connectivity index (χ4n) is 2.74. The van der Waals surface area contributed by atoms with Crippen molar-refractivity contribution >= 4 is 29.3 Å². The van der Waals surface area contributed by atoms with Gasteiger partial charge in [0.25, 0.3) is 0 Å². The molecule has 0 aromatic rings. The van der Waals surface area contributed by atoms with Crippen LogP contribution in [0.2, 0.25) is 0 Å². The van der Waals surface area contributed by atoms with Gasteiger partial charge < -0.3 is 16.0 Å². The molecule has 2 rings (SSSR count). The Bertz CT molecular complexity index is 519. The van der Waals surface area contributed by atoms with Crippen LogP contribution in [0.1, 0.15) is 51.9 Å². The van der Waals surface area contributed by atoms with Crippen LogP contribution >= 0.6 is 11.6 Å². The van der Waals surface area contributed by atoms with Gasteiger partial charge in [0, 0.05) is 42.1 Å². The van der Waals surface area contributed by atoms with Crippen LogP contribution in [-0.2, 0) is 14.4 Å². The third kappa shape index (κ3) is 5.53. The zero-order valence-corrected chi connectivity index (χ0v) is 14.2. The Morgan fingerprint density at radius 3 is 2.74 bits per heavy atom. The predicted octanol–water partition coefficient (Wildman–Crippen LogP) is 1.34. The van der Waals surface area contributed by atoms with Crippen molar-refractivity contribution in [3.05, 3.63) is 10.6 Å². The first kappa shape index (κ1) is 17.8. The van der Waals surface area contributed by atoms with Gasteiger partial charge in [0.05, 0.1) is 0 Å². The molecular weight excluding hydrogens is 318 g/mol. The summed E-state index contributed by atoms with van der Waals surface area (Å²) in [5.41, 5.74) is 0.645. The SMILES string of the molecule is CC(CNC(=O)C1=C(Cl)CC1)NC(=O)CC1CCCCC(=O)N1. The third-order valence-electron chi connectivity index (χ3n) is 4.18. The number of nitrogens with one attached hydrogen (secondary N) is 3. The highest BCUT2D eigenvalue weighted by Crippen LogP contribution is 2.30. The lowest BCUT2D eigenvalue weighted by Crippen LogP contribution is -2.45. The maximum Gasteiger partial charge on any atom is 0.248 e. The van der Waals surface area contributed by atoms with Gasteiger partial charge in [-0.25, -0.2) is 0 Å². The van der Waals surface area contributed by atoms with E-state index in [1.54, 1.807) is 0 Å². The molecule has 0 aromatic carbocycles. The molecule has 2 aliphatic rings. The van der Waals surface area contributed by atoms with Crippen molar-refractivity contribution in [2.75, 3.05) is 6.54 Å². The second-order valence-electron chi connectivity index (χ2n) is 6.28. The van der Waals surface area contributed by atoms with Crippen LogP contribution in [0.4, 0.5) is 0 Å². The second kappa shape index (κ2) is 8.34. The number of amides is 3. The van der Waals surface area contributed by atoms with Gasteiger partial charge in [0.1, 0.15) is 0 Å². The smallest absolute Gasteiger partial charge is 0.248 e. The molecule has 2 atom stereocenters. The van der Waals surface area contributed by atoms with E-state index in [0.29, 0.717) is 30.0 Å². The largest absolute Gasteiger partial charge is 0.353 e. The van der Waals surface area contributed by atoms with Gasteiger partial charge in [-0.2, -0.15) is 0 Å². The molecule has 0 aromatic heterocycles. The molecule has 1 fully saturated rings. The average molecular weight is 342 g/mol. The Kier molecular flexibility index (Phi) is 6.45. The van der Waals surface area contributed by atoms with Crippen molar-refractivity contribution in [1.29, 1.82) is 0 Å². The van der Waals surface area contributed by atoms with Gasteiger partial charge in [-0.05, 0) is 32.6 Å². The van der Waals surface area contributed by atoms with Gasteiger partial charge >= 0.3 is 0 Å². The summed E-state index contributed by atoms with van der Waals surface area (Å²) in [6.07, 6.45) is 4.97. The minimum Gasteiger partial charge on any atom is -0.353 e. The molecular formula is C16H24ClN3O3. The fraction of sp³-hybridized carbons (Fsp3) is 0.688. The van der Waals surface area contributed by atoms with E-state index < -0.39 is 0 Å². The van der Waals surface area contributed by atoms with Crippen LogP contribution in [0.5, 0.6) is 0 Å². The van der Waals surface area contributed by atoms with Gasteiger partial charge in [-0.1, -0.05) is 18.0 Å². The number of hydrogen-bond acceptors (Lipinski definition) is 3. The van der Waals surface area contributed by atoms with Crippen molar-refractivity contribution in [2.45, 2.75) is 64.0 Å². The monoisotopic (exact) mass is 341 g/mol. The Hall–Kier alpha value is -1.56. The standard InChI is InChI=1S/C16H24ClN3O3/c1-10(9-18-16(23)12-6-7-13(12)17)19-15(22)8-11-4-2-3-5-14(21)20-11/h10-11H,2-9H2,1H3,(H,18,23)(H,19,22)(H,20,21). The summed E-state index contributed by atoms with van der Waals surface area (Å²) in [4.78, 5) is 35.3. The summed E-state index contributed by atoms with van der Waals surface area (Å²) in [6.45, 7) is 2.19. The zero-order chi connectivity index (χ0) is 16.8. The quantitative estimate of drug-likeness (QED) is 0.681. The summed E-state index contributed by atoms with van der Waals surface area (Å²) in [6, 6.07) is -0.266. The van der Waals surface area contributed by atoms with E-state index in [1.165, 1.54) is 0 Å². The van der Waals surface area contributed by atoms with Crippen LogP contribution < -0.4 is 16.0 Å². The zero-order valence-electron chi connectivity index (χ0n) is 13.4. The van der Waals surface area contributed by atoms with Crippen molar-refractivity contribution in [3.63, 3.8) is 0 Å². The van der Waals surface area contributed by atoms with Crippen molar-refractivity contribution in [1.82, 2.24) is 16.0 Å². The number of rotatable bonds is 6. The lowest BCUT2D eigenvalue weighted by molar-refractivity contribution is -0.124. The molecule has 1 aliphatic carbocycles. The second-order valence-corrected chi connectivity index (χ2v) is 6.73. The highest BCUT2D eigenvalue weighted by atomic mass is 35.5. The summed E-state index contributed by atoms with van der Waals surface area (Å²) in [5, 5.41) is 9.13. The molecule has 6 nitrogen and oxygen atoms in total. The number of allylic oxidation sites excluding steroid dienone is 1. The van der Waals surface area contributed by atoms with Crippen LogP contribution in [0, 0.1) is 0 Å². The highest BCUT2D eigenvalue weighted by molar-refractivity contribution is 6.33. The average Bonchev–Trinajstić information content (AvgIpc) is 2.67. The molecule has 1 aliphatic heterocycles.